The summed E-state index contributed by atoms with van der Waals surface area (Å²) >= 11 is 0. The van der Waals surface area contributed by atoms with Gasteiger partial charge < -0.3 is 0 Å². The first-order valence-corrected chi connectivity index (χ1v) is 7.80. The maximum atomic E-state index is 13.3. The van der Waals surface area contributed by atoms with Gasteiger partial charge in [-0.25, -0.2) is 15.0 Å². The van der Waals surface area contributed by atoms with E-state index in [9.17, 15) is 4.39 Å². The summed E-state index contributed by atoms with van der Waals surface area (Å²) in [6.45, 7) is 5.24. The van der Waals surface area contributed by atoms with Crippen molar-refractivity contribution in [1.29, 1.82) is 0 Å². The van der Waals surface area contributed by atoms with E-state index < -0.39 is 5.95 Å². The van der Waals surface area contributed by atoms with Gasteiger partial charge in [0.25, 0.3) is 0 Å². The zero-order chi connectivity index (χ0) is 15.3. The van der Waals surface area contributed by atoms with Gasteiger partial charge in [0.2, 0.25) is 5.95 Å². The first kappa shape index (κ1) is 13.6. The highest BCUT2D eigenvalue weighted by Crippen LogP contribution is 2.39. The Kier molecular flexibility index (Phi) is 3.11. The highest BCUT2D eigenvalue weighted by atomic mass is 19.1. The lowest BCUT2D eigenvalue weighted by Gasteiger charge is -2.37. The number of aromatic nitrogens is 1. The van der Waals surface area contributed by atoms with Gasteiger partial charge in [0.1, 0.15) is 5.82 Å². The predicted molar refractivity (Wildman–Crippen MR) is 83.3 cm³/mol. The lowest BCUT2D eigenvalue weighted by molar-refractivity contribution is 0.0236. The van der Waals surface area contributed by atoms with Crippen LogP contribution in [0.3, 0.4) is 0 Å². The zero-order valence-corrected chi connectivity index (χ0v) is 12.8. The number of rotatable bonds is 3. The molecular formula is C17H19FN4. The number of nitrogens with zero attached hydrogens (tertiary/aromatic N) is 4. The van der Waals surface area contributed by atoms with E-state index in [1.165, 1.54) is 18.9 Å². The number of aliphatic imine (C=N–C) groups is 1. The molecule has 3 heterocycles. The van der Waals surface area contributed by atoms with Gasteiger partial charge in [0, 0.05) is 18.3 Å². The van der Waals surface area contributed by atoms with E-state index in [1.54, 1.807) is 12.1 Å². The zero-order valence-electron chi connectivity index (χ0n) is 12.8. The van der Waals surface area contributed by atoms with Gasteiger partial charge in [0.15, 0.2) is 0 Å². The fraction of sp³-hybridized carbons (Fsp3) is 0.412. The Hall–Kier alpha value is -2.01. The van der Waals surface area contributed by atoms with E-state index in [4.69, 9.17) is 0 Å². The van der Waals surface area contributed by atoms with Gasteiger partial charge >= 0.3 is 0 Å². The van der Waals surface area contributed by atoms with Crippen molar-refractivity contribution in [1.82, 2.24) is 15.0 Å². The standard InChI is InChI=1S/C17H19FN4/c1-11-10-15(14-4-3-5-16(18)19-14)20-17-8-9-21(22(11)17)12(2)13-6-7-13/h3-5,8,10,12-13H,6-7,9H2,1-2H3/t12-/m0/s1. The third-order valence-corrected chi connectivity index (χ3v) is 4.60. The molecule has 1 fully saturated rings. The van der Waals surface area contributed by atoms with Crippen molar-refractivity contribution in [3.8, 4) is 0 Å². The van der Waals surface area contributed by atoms with E-state index >= 15 is 0 Å². The number of halogens is 1. The van der Waals surface area contributed by atoms with E-state index in [1.807, 2.05) is 6.08 Å². The molecule has 0 N–H and O–H groups in total. The maximum absolute atomic E-state index is 13.3. The van der Waals surface area contributed by atoms with E-state index in [0.717, 1.165) is 29.7 Å². The monoisotopic (exact) mass is 298 g/mol. The van der Waals surface area contributed by atoms with Crippen molar-refractivity contribution in [2.45, 2.75) is 32.7 Å². The third kappa shape index (κ3) is 2.25. The van der Waals surface area contributed by atoms with Gasteiger partial charge in [-0.05, 0) is 56.9 Å². The Morgan fingerprint density at radius 3 is 2.86 bits per heavy atom. The van der Waals surface area contributed by atoms with Crippen molar-refractivity contribution in [2.24, 2.45) is 10.9 Å². The minimum atomic E-state index is -0.474. The quantitative estimate of drug-likeness (QED) is 0.804. The average molecular weight is 298 g/mol. The van der Waals surface area contributed by atoms with Crippen molar-refractivity contribution in [3.05, 3.63) is 53.5 Å². The molecule has 1 aromatic heterocycles. The number of allylic oxidation sites excluding steroid dienone is 2. The molecule has 2 aliphatic heterocycles. The molecule has 114 valence electrons. The van der Waals surface area contributed by atoms with Crippen LogP contribution in [0, 0.1) is 11.9 Å². The van der Waals surface area contributed by atoms with Gasteiger partial charge in [0.05, 0.1) is 11.4 Å². The Labute approximate surface area is 129 Å². The fourth-order valence-corrected chi connectivity index (χ4v) is 3.22. The molecule has 4 rings (SSSR count). The molecule has 0 unspecified atom stereocenters. The normalized spacial score (nSPS) is 22.9. The Morgan fingerprint density at radius 2 is 2.14 bits per heavy atom. The van der Waals surface area contributed by atoms with Gasteiger partial charge in [-0.3, -0.25) is 5.01 Å². The highest BCUT2D eigenvalue weighted by molar-refractivity contribution is 6.08. The van der Waals surface area contributed by atoms with Crippen LogP contribution in [-0.4, -0.2) is 33.3 Å². The van der Waals surface area contributed by atoms with Crippen LogP contribution in [-0.2, 0) is 0 Å². The SMILES string of the molecule is CC1=CC(c2cccc(F)n2)=NC2=CCN([C@@H](C)C3CC3)N12. The molecule has 1 aliphatic carbocycles. The Balaban J connectivity index is 1.64. The molecule has 1 atom stereocenters. The molecule has 1 saturated carbocycles. The van der Waals surface area contributed by atoms with Gasteiger partial charge in [-0.15, -0.1) is 0 Å². The summed E-state index contributed by atoms with van der Waals surface area (Å²) in [7, 11) is 0. The average Bonchev–Trinajstić information content (AvgIpc) is 3.26. The van der Waals surface area contributed by atoms with Crippen LogP contribution in [0.15, 0.2) is 46.9 Å². The molecule has 0 spiro atoms. The molecule has 0 aromatic carbocycles. The number of pyridine rings is 1. The molecule has 4 nitrogen and oxygen atoms in total. The molecule has 0 amide bonds. The molecule has 0 bridgehead atoms. The molecule has 0 saturated heterocycles. The topological polar surface area (TPSA) is 31.7 Å². The summed E-state index contributed by atoms with van der Waals surface area (Å²) in [5.74, 6) is 1.25. The second-order valence-electron chi connectivity index (χ2n) is 6.20. The second kappa shape index (κ2) is 5.02. The summed E-state index contributed by atoms with van der Waals surface area (Å²) in [6, 6.07) is 5.34. The number of hydrogen-bond donors (Lipinski definition) is 0. The van der Waals surface area contributed by atoms with E-state index in [-0.39, 0.29) is 0 Å². The lowest BCUT2D eigenvalue weighted by Crippen LogP contribution is -2.44. The van der Waals surface area contributed by atoms with E-state index in [0.29, 0.717) is 11.7 Å². The summed E-state index contributed by atoms with van der Waals surface area (Å²) in [6.07, 6.45) is 6.77. The Morgan fingerprint density at radius 1 is 1.32 bits per heavy atom. The first-order chi connectivity index (χ1) is 10.6. The lowest BCUT2D eigenvalue weighted by atomic mass is 10.2. The number of hydrazine groups is 1. The van der Waals surface area contributed by atoms with Crippen LogP contribution in [0.5, 0.6) is 0 Å². The van der Waals surface area contributed by atoms with Crippen LogP contribution in [0.2, 0.25) is 0 Å². The molecule has 3 aliphatic rings. The van der Waals surface area contributed by atoms with Gasteiger partial charge in [-0.2, -0.15) is 4.39 Å². The van der Waals surface area contributed by atoms with Crippen molar-refractivity contribution < 1.29 is 4.39 Å². The predicted octanol–water partition coefficient (Wildman–Crippen LogP) is 3.10. The summed E-state index contributed by atoms with van der Waals surface area (Å²) in [5.41, 5.74) is 2.40. The van der Waals surface area contributed by atoms with Gasteiger partial charge in [-0.1, -0.05) is 6.07 Å². The summed E-state index contributed by atoms with van der Waals surface area (Å²) < 4.78 is 13.3. The molecule has 5 heteroatoms. The van der Waals surface area contributed by atoms with Crippen LogP contribution < -0.4 is 0 Å². The van der Waals surface area contributed by atoms with Crippen LogP contribution in [0.25, 0.3) is 0 Å². The van der Waals surface area contributed by atoms with Crippen molar-refractivity contribution >= 4 is 5.71 Å². The Bertz CT molecular complexity index is 702. The number of hydrogen-bond acceptors (Lipinski definition) is 4. The van der Waals surface area contributed by atoms with Crippen molar-refractivity contribution in [2.75, 3.05) is 6.54 Å². The van der Waals surface area contributed by atoms with Crippen LogP contribution >= 0.6 is 0 Å². The van der Waals surface area contributed by atoms with Crippen LogP contribution in [0.1, 0.15) is 32.4 Å². The number of fused-ring (bicyclic) bond motifs is 1. The van der Waals surface area contributed by atoms with E-state index in [2.05, 4.69) is 39.9 Å². The summed E-state index contributed by atoms with van der Waals surface area (Å²) in [4.78, 5) is 8.61. The molecular weight excluding hydrogens is 279 g/mol. The highest BCUT2D eigenvalue weighted by Gasteiger charge is 2.38. The molecule has 1 aromatic rings. The van der Waals surface area contributed by atoms with Crippen molar-refractivity contribution in [3.63, 3.8) is 0 Å². The second-order valence-corrected chi connectivity index (χ2v) is 6.20. The third-order valence-electron chi connectivity index (χ3n) is 4.60. The minimum Gasteiger partial charge on any atom is -0.261 e. The minimum absolute atomic E-state index is 0.474. The maximum Gasteiger partial charge on any atom is 0.213 e. The van der Waals surface area contributed by atoms with Crippen LogP contribution in [0.4, 0.5) is 4.39 Å². The fourth-order valence-electron chi connectivity index (χ4n) is 3.22. The first-order valence-electron chi connectivity index (χ1n) is 7.80. The molecule has 0 radical (unpaired) electrons. The molecule has 22 heavy (non-hydrogen) atoms. The smallest absolute Gasteiger partial charge is 0.213 e. The summed E-state index contributed by atoms with van der Waals surface area (Å²) in [5, 5.41) is 4.56. The largest absolute Gasteiger partial charge is 0.261 e.